The molecule has 0 spiro atoms. The number of carbonyl (C=O) groups excluding carboxylic acids is 2. The molecule has 9 heteroatoms. The van der Waals surface area contributed by atoms with Gasteiger partial charge < -0.3 is 15.4 Å². The number of methoxy groups -OCH3 is 1. The summed E-state index contributed by atoms with van der Waals surface area (Å²) < 4.78 is 5.73. The summed E-state index contributed by atoms with van der Waals surface area (Å²) in [5.41, 5.74) is 0.295. The maximum atomic E-state index is 12.2. The topological polar surface area (TPSA) is 111 Å². The summed E-state index contributed by atoms with van der Waals surface area (Å²) in [6.45, 7) is -0.300. The van der Waals surface area contributed by atoms with Gasteiger partial charge in [-0.05, 0) is 34.1 Å². The van der Waals surface area contributed by atoms with E-state index >= 15 is 0 Å². The number of nitrogens with zero attached hydrogens (tertiary/aromatic N) is 1. The highest BCUT2D eigenvalue weighted by atomic mass is 79.9. The van der Waals surface area contributed by atoms with Gasteiger partial charge in [0.1, 0.15) is 5.75 Å². The van der Waals surface area contributed by atoms with Crippen molar-refractivity contribution in [3.05, 3.63) is 62.6 Å². The molecule has 0 fully saturated rings. The Morgan fingerprint density at radius 3 is 2.60 bits per heavy atom. The predicted octanol–water partition coefficient (Wildman–Crippen LogP) is 2.73. The van der Waals surface area contributed by atoms with E-state index in [1.54, 1.807) is 24.3 Å². The Morgan fingerprint density at radius 1 is 1.24 bits per heavy atom. The van der Waals surface area contributed by atoms with E-state index < -0.39 is 16.7 Å². The molecule has 2 rings (SSSR count). The second kappa shape index (κ2) is 8.25. The van der Waals surface area contributed by atoms with E-state index in [9.17, 15) is 19.7 Å². The summed E-state index contributed by atoms with van der Waals surface area (Å²) in [5.74, 6) is -0.915. The van der Waals surface area contributed by atoms with Gasteiger partial charge in [-0.3, -0.25) is 19.7 Å². The van der Waals surface area contributed by atoms with Crippen LogP contribution in [0.1, 0.15) is 10.4 Å². The van der Waals surface area contributed by atoms with Gasteiger partial charge in [0.05, 0.1) is 29.8 Å². The minimum Gasteiger partial charge on any atom is -0.496 e. The number of nitrogens with one attached hydrogen (secondary N) is 2. The van der Waals surface area contributed by atoms with Crippen molar-refractivity contribution in [1.82, 2.24) is 5.32 Å². The molecular formula is C16H14BrN3O5. The molecule has 0 aromatic heterocycles. The molecule has 8 nitrogen and oxygen atoms in total. The molecule has 0 radical (unpaired) electrons. The first-order valence-corrected chi connectivity index (χ1v) is 7.86. The third kappa shape index (κ3) is 4.77. The molecule has 2 aromatic rings. The van der Waals surface area contributed by atoms with E-state index in [-0.39, 0.29) is 23.5 Å². The van der Waals surface area contributed by atoms with Gasteiger partial charge in [-0.2, -0.15) is 0 Å². The van der Waals surface area contributed by atoms with Gasteiger partial charge in [-0.25, -0.2) is 0 Å². The molecular weight excluding hydrogens is 394 g/mol. The zero-order valence-corrected chi connectivity index (χ0v) is 14.7. The van der Waals surface area contributed by atoms with E-state index in [0.717, 1.165) is 6.07 Å². The molecule has 0 unspecified atom stereocenters. The Kier molecular flexibility index (Phi) is 6.07. The smallest absolute Gasteiger partial charge is 0.270 e. The number of benzene rings is 2. The third-order valence-electron chi connectivity index (χ3n) is 3.20. The third-order valence-corrected chi connectivity index (χ3v) is 3.89. The lowest BCUT2D eigenvalue weighted by atomic mass is 10.1. The minimum absolute atomic E-state index is 0.0228. The van der Waals surface area contributed by atoms with Crippen molar-refractivity contribution in [3.8, 4) is 5.75 Å². The summed E-state index contributed by atoms with van der Waals surface area (Å²) in [5, 5.41) is 15.9. The number of anilines is 1. The van der Waals surface area contributed by atoms with Crippen molar-refractivity contribution < 1.29 is 19.2 Å². The van der Waals surface area contributed by atoms with Gasteiger partial charge >= 0.3 is 0 Å². The van der Waals surface area contributed by atoms with Gasteiger partial charge in [0.2, 0.25) is 5.91 Å². The van der Waals surface area contributed by atoms with Gasteiger partial charge in [-0.1, -0.05) is 12.1 Å². The average Bonchev–Trinajstić information content (AvgIpc) is 2.61. The standard InChI is InChI=1S/C16H14BrN3O5/c1-25-14-7-6-10(20(23)24)8-11(14)16(22)18-9-15(21)19-13-5-3-2-4-12(13)17/h2-8H,9H2,1H3,(H,18,22)(H,19,21). The first-order chi connectivity index (χ1) is 11.9. The highest BCUT2D eigenvalue weighted by Crippen LogP contribution is 2.24. The zero-order chi connectivity index (χ0) is 18.4. The molecule has 0 saturated carbocycles. The van der Waals surface area contributed by atoms with Crippen LogP contribution in [-0.4, -0.2) is 30.4 Å². The number of para-hydroxylation sites is 1. The monoisotopic (exact) mass is 407 g/mol. The van der Waals surface area contributed by atoms with Crippen LogP contribution in [0.2, 0.25) is 0 Å². The normalized spacial score (nSPS) is 10.0. The number of halogens is 1. The van der Waals surface area contributed by atoms with Crippen molar-refractivity contribution in [2.24, 2.45) is 0 Å². The Bertz CT molecular complexity index is 825. The lowest BCUT2D eigenvalue weighted by Gasteiger charge is -2.10. The number of hydrogen-bond donors (Lipinski definition) is 2. The number of carbonyl (C=O) groups is 2. The van der Waals surface area contributed by atoms with E-state index in [0.29, 0.717) is 10.2 Å². The molecule has 0 aliphatic heterocycles. The van der Waals surface area contributed by atoms with Crippen molar-refractivity contribution in [2.45, 2.75) is 0 Å². The molecule has 0 aliphatic rings. The molecule has 2 aromatic carbocycles. The first kappa shape index (κ1) is 18.4. The fraction of sp³-hybridized carbons (Fsp3) is 0.125. The van der Waals surface area contributed by atoms with E-state index in [1.807, 2.05) is 0 Å². The van der Waals surface area contributed by atoms with Crippen LogP contribution in [0.4, 0.5) is 11.4 Å². The first-order valence-electron chi connectivity index (χ1n) is 7.07. The van der Waals surface area contributed by atoms with Gasteiger partial charge in [-0.15, -0.1) is 0 Å². The van der Waals surface area contributed by atoms with E-state index in [2.05, 4.69) is 26.6 Å². The summed E-state index contributed by atoms with van der Waals surface area (Å²) in [6.07, 6.45) is 0. The Hall–Kier alpha value is -2.94. The maximum absolute atomic E-state index is 12.2. The molecule has 0 saturated heterocycles. The molecule has 0 bridgehead atoms. The van der Waals surface area contributed by atoms with Crippen LogP contribution in [0.5, 0.6) is 5.75 Å². The number of amides is 2. The van der Waals surface area contributed by atoms with Crippen molar-refractivity contribution in [1.29, 1.82) is 0 Å². The van der Waals surface area contributed by atoms with Gasteiger partial charge in [0.15, 0.2) is 0 Å². The van der Waals surface area contributed by atoms with E-state index in [1.165, 1.54) is 19.2 Å². The van der Waals surface area contributed by atoms with Crippen LogP contribution in [0.25, 0.3) is 0 Å². The average molecular weight is 408 g/mol. The summed E-state index contributed by atoms with van der Waals surface area (Å²) in [4.78, 5) is 34.4. The van der Waals surface area contributed by atoms with Crippen molar-refractivity contribution in [2.75, 3.05) is 19.0 Å². The molecule has 25 heavy (non-hydrogen) atoms. The Labute approximate surface area is 151 Å². The van der Waals surface area contributed by atoms with E-state index in [4.69, 9.17) is 4.74 Å². The second-order valence-electron chi connectivity index (χ2n) is 4.85. The lowest BCUT2D eigenvalue weighted by molar-refractivity contribution is -0.384. The molecule has 130 valence electrons. The molecule has 0 atom stereocenters. The summed E-state index contributed by atoms with van der Waals surface area (Å²) in [7, 11) is 1.34. The lowest BCUT2D eigenvalue weighted by Crippen LogP contribution is -2.33. The fourth-order valence-electron chi connectivity index (χ4n) is 2.00. The van der Waals surface area contributed by atoms with Crippen LogP contribution in [-0.2, 0) is 4.79 Å². The molecule has 2 amide bonds. The van der Waals surface area contributed by atoms with Crippen LogP contribution < -0.4 is 15.4 Å². The minimum atomic E-state index is -0.650. The van der Waals surface area contributed by atoms with Crippen LogP contribution >= 0.6 is 15.9 Å². The maximum Gasteiger partial charge on any atom is 0.270 e. The number of hydrogen-bond acceptors (Lipinski definition) is 5. The summed E-state index contributed by atoms with van der Waals surface area (Å²) in [6, 6.07) is 10.7. The second-order valence-corrected chi connectivity index (χ2v) is 5.71. The van der Waals surface area contributed by atoms with Gasteiger partial charge in [0, 0.05) is 16.6 Å². The van der Waals surface area contributed by atoms with Crippen LogP contribution in [0.15, 0.2) is 46.9 Å². The molecule has 0 heterocycles. The summed E-state index contributed by atoms with van der Waals surface area (Å²) >= 11 is 3.30. The Morgan fingerprint density at radius 2 is 1.96 bits per heavy atom. The number of ether oxygens (including phenoxy) is 1. The Balaban J connectivity index is 2.04. The molecule has 2 N–H and O–H groups in total. The highest BCUT2D eigenvalue weighted by molar-refractivity contribution is 9.10. The highest BCUT2D eigenvalue weighted by Gasteiger charge is 2.18. The van der Waals surface area contributed by atoms with Crippen LogP contribution in [0, 0.1) is 10.1 Å². The van der Waals surface area contributed by atoms with Gasteiger partial charge in [0.25, 0.3) is 11.6 Å². The quantitative estimate of drug-likeness (QED) is 0.564. The van der Waals surface area contributed by atoms with Crippen molar-refractivity contribution in [3.63, 3.8) is 0 Å². The molecule has 0 aliphatic carbocycles. The largest absolute Gasteiger partial charge is 0.496 e. The van der Waals surface area contributed by atoms with Crippen LogP contribution in [0.3, 0.4) is 0 Å². The number of non-ortho nitro benzene ring substituents is 1. The fourth-order valence-corrected chi connectivity index (χ4v) is 2.38. The zero-order valence-electron chi connectivity index (χ0n) is 13.1. The van der Waals surface area contributed by atoms with Crippen molar-refractivity contribution >= 4 is 39.1 Å². The number of nitro benzene ring substituents is 1. The number of nitro groups is 1. The predicted molar refractivity (Wildman–Crippen MR) is 94.8 cm³/mol. The SMILES string of the molecule is COc1ccc([N+](=O)[O-])cc1C(=O)NCC(=O)Nc1ccccc1Br. The number of rotatable bonds is 6.